The van der Waals surface area contributed by atoms with E-state index in [1.165, 1.54) is 12.8 Å². The third-order valence-electron chi connectivity index (χ3n) is 4.36. The van der Waals surface area contributed by atoms with Crippen molar-refractivity contribution in [2.24, 2.45) is 4.99 Å². The molecule has 154 valence electrons. The fourth-order valence-corrected chi connectivity index (χ4v) is 2.94. The lowest BCUT2D eigenvalue weighted by molar-refractivity contribution is 0.143. The van der Waals surface area contributed by atoms with E-state index < -0.39 is 0 Å². The third kappa shape index (κ3) is 10.1. The highest BCUT2D eigenvalue weighted by atomic mass is 127. The predicted octanol–water partition coefficient (Wildman–Crippen LogP) is 3.89. The Morgan fingerprint density at radius 2 is 2.00 bits per heavy atom. The molecule has 0 aromatic carbocycles. The highest BCUT2D eigenvalue weighted by Gasteiger charge is 2.16. The first-order valence-electron chi connectivity index (χ1n) is 10.0. The summed E-state index contributed by atoms with van der Waals surface area (Å²) in [4.78, 5) is 9.06. The number of nitrogens with zero attached hydrogens (tertiary/aromatic N) is 2. The van der Waals surface area contributed by atoms with Crippen molar-refractivity contribution in [2.75, 3.05) is 26.3 Å². The van der Waals surface area contributed by atoms with E-state index in [9.17, 15) is 0 Å². The van der Waals surface area contributed by atoms with Crippen molar-refractivity contribution >= 4 is 29.9 Å². The van der Waals surface area contributed by atoms with Gasteiger partial charge in [0.25, 0.3) is 0 Å². The lowest BCUT2D eigenvalue weighted by atomic mass is 10.3. The van der Waals surface area contributed by atoms with Crippen molar-refractivity contribution in [3.05, 3.63) is 23.9 Å². The Morgan fingerprint density at radius 1 is 1.19 bits per heavy atom. The maximum atomic E-state index is 5.91. The number of aromatic nitrogens is 1. The second-order valence-electron chi connectivity index (χ2n) is 6.55. The van der Waals surface area contributed by atoms with Gasteiger partial charge in [-0.15, -0.1) is 24.0 Å². The number of hydrogen-bond acceptors (Lipinski definition) is 4. The van der Waals surface area contributed by atoms with Crippen LogP contribution in [0.25, 0.3) is 0 Å². The number of unbranched alkanes of at least 4 members (excludes halogenated alkanes) is 1. The van der Waals surface area contributed by atoms with Gasteiger partial charge in [0.05, 0.1) is 6.54 Å². The first kappa shape index (κ1) is 23.9. The number of guanidine groups is 1. The van der Waals surface area contributed by atoms with Gasteiger partial charge in [0.1, 0.15) is 6.10 Å². The van der Waals surface area contributed by atoms with Crippen LogP contribution < -0.4 is 15.4 Å². The second-order valence-corrected chi connectivity index (χ2v) is 6.55. The number of pyridine rings is 1. The van der Waals surface area contributed by atoms with Gasteiger partial charge in [-0.3, -0.25) is 0 Å². The molecule has 0 atom stereocenters. The lowest BCUT2D eigenvalue weighted by Crippen LogP contribution is -2.37. The van der Waals surface area contributed by atoms with Crippen LogP contribution in [0.3, 0.4) is 0 Å². The minimum absolute atomic E-state index is 0. The van der Waals surface area contributed by atoms with Gasteiger partial charge < -0.3 is 20.1 Å². The first-order chi connectivity index (χ1) is 12.8. The van der Waals surface area contributed by atoms with Crippen LogP contribution in [0.15, 0.2) is 23.3 Å². The molecule has 2 N–H and O–H groups in total. The molecular weight excluding hydrogens is 455 g/mol. The number of ether oxygens (including phenoxy) is 2. The van der Waals surface area contributed by atoms with Gasteiger partial charge in [0.2, 0.25) is 5.88 Å². The molecule has 1 heterocycles. The quantitative estimate of drug-likeness (QED) is 0.213. The fraction of sp³-hybridized carbons (Fsp3) is 0.700. The molecule has 27 heavy (non-hydrogen) atoms. The van der Waals surface area contributed by atoms with Gasteiger partial charge in [-0.1, -0.05) is 6.07 Å². The zero-order valence-corrected chi connectivity index (χ0v) is 19.0. The van der Waals surface area contributed by atoms with Crippen molar-refractivity contribution in [3.8, 4) is 5.88 Å². The fourth-order valence-electron chi connectivity index (χ4n) is 2.94. The Hall–Kier alpha value is -1.09. The summed E-state index contributed by atoms with van der Waals surface area (Å²) >= 11 is 0. The average Bonchev–Trinajstić information content (AvgIpc) is 3.16. The second kappa shape index (κ2) is 14.9. The minimum atomic E-state index is 0. The SMILES string of the molecule is CCNC(=NCc1ccc(OC2CCCC2)nc1)NCCCCOCC.I. The molecule has 1 saturated carbocycles. The third-order valence-corrected chi connectivity index (χ3v) is 4.36. The van der Waals surface area contributed by atoms with Crippen molar-refractivity contribution in [2.45, 2.75) is 65.0 Å². The Bertz CT molecular complexity index is 519. The molecule has 0 bridgehead atoms. The summed E-state index contributed by atoms with van der Waals surface area (Å²) in [5.74, 6) is 1.57. The summed E-state index contributed by atoms with van der Waals surface area (Å²) < 4.78 is 11.3. The van der Waals surface area contributed by atoms with Crippen LogP contribution >= 0.6 is 24.0 Å². The molecule has 0 amide bonds. The van der Waals surface area contributed by atoms with E-state index in [1.54, 1.807) is 0 Å². The molecule has 1 aromatic heterocycles. The Morgan fingerprint density at radius 3 is 2.67 bits per heavy atom. The average molecular weight is 490 g/mol. The van der Waals surface area contributed by atoms with Gasteiger partial charge in [-0.2, -0.15) is 0 Å². The van der Waals surface area contributed by atoms with Gasteiger partial charge in [0, 0.05) is 38.6 Å². The van der Waals surface area contributed by atoms with E-state index in [1.807, 2.05) is 25.3 Å². The molecule has 1 aromatic rings. The van der Waals surface area contributed by atoms with E-state index >= 15 is 0 Å². The van der Waals surface area contributed by atoms with Crippen molar-refractivity contribution in [1.29, 1.82) is 0 Å². The van der Waals surface area contributed by atoms with Gasteiger partial charge in [-0.05, 0) is 57.9 Å². The molecule has 0 saturated heterocycles. The molecule has 7 heteroatoms. The lowest BCUT2D eigenvalue weighted by Gasteiger charge is -2.12. The van der Waals surface area contributed by atoms with E-state index in [-0.39, 0.29) is 24.0 Å². The van der Waals surface area contributed by atoms with E-state index in [2.05, 4.69) is 27.5 Å². The smallest absolute Gasteiger partial charge is 0.213 e. The van der Waals surface area contributed by atoms with E-state index in [0.29, 0.717) is 12.6 Å². The predicted molar refractivity (Wildman–Crippen MR) is 121 cm³/mol. The van der Waals surface area contributed by atoms with Crippen molar-refractivity contribution < 1.29 is 9.47 Å². The molecule has 1 aliphatic rings. The zero-order chi connectivity index (χ0) is 18.5. The van der Waals surface area contributed by atoms with Crippen LogP contribution in [0.5, 0.6) is 5.88 Å². The monoisotopic (exact) mass is 490 g/mol. The zero-order valence-electron chi connectivity index (χ0n) is 16.7. The van der Waals surface area contributed by atoms with Crippen molar-refractivity contribution in [1.82, 2.24) is 15.6 Å². The number of hydrogen-bond donors (Lipinski definition) is 2. The maximum absolute atomic E-state index is 5.91. The highest BCUT2D eigenvalue weighted by molar-refractivity contribution is 14.0. The van der Waals surface area contributed by atoms with Gasteiger partial charge >= 0.3 is 0 Å². The maximum Gasteiger partial charge on any atom is 0.213 e. The summed E-state index contributed by atoms with van der Waals surface area (Å²) in [5.41, 5.74) is 1.08. The summed E-state index contributed by atoms with van der Waals surface area (Å²) in [5, 5.41) is 6.64. The number of rotatable bonds is 11. The highest BCUT2D eigenvalue weighted by Crippen LogP contribution is 2.22. The molecule has 1 aliphatic carbocycles. The molecule has 0 unspecified atom stereocenters. The first-order valence-corrected chi connectivity index (χ1v) is 10.0. The number of aliphatic imine (C=N–C) groups is 1. The largest absolute Gasteiger partial charge is 0.474 e. The molecule has 6 nitrogen and oxygen atoms in total. The van der Waals surface area contributed by atoms with Crippen molar-refractivity contribution in [3.63, 3.8) is 0 Å². The summed E-state index contributed by atoms with van der Waals surface area (Å²) in [6.45, 7) is 8.05. The topological polar surface area (TPSA) is 67.8 Å². The summed E-state index contributed by atoms with van der Waals surface area (Å²) in [7, 11) is 0. The molecule has 0 spiro atoms. The molecule has 2 rings (SSSR count). The van der Waals surface area contributed by atoms with E-state index in [0.717, 1.165) is 69.4 Å². The molecule has 0 radical (unpaired) electrons. The van der Waals surface area contributed by atoms with Crippen LogP contribution in [-0.2, 0) is 11.3 Å². The summed E-state index contributed by atoms with van der Waals surface area (Å²) in [6, 6.07) is 4.00. The van der Waals surface area contributed by atoms with Gasteiger partial charge in [-0.25, -0.2) is 9.98 Å². The normalized spacial score (nSPS) is 14.7. The molecule has 0 aliphatic heterocycles. The standard InChI is InChI=1S/C20H34N4O2.HI/c1-3-21-20(22-13-7-8-14-25-4-2)24-16-17-11-12-19(23-15-17)26-18-9-5-6-10-18;/h11-12,15,18H,3-10,13-14,16H2,1-2H3,(H2,21,22,24);1H. The Labute approximate surface area is 180 Å². The molecular formula is C20H35IN4O2. The van der Waals surface area contributed by atoms with Crippen LogP contribution in [0.2, 0.25) is 0 Å². The number of nitrogens with one attached hydrogen (secondary N) is 2. The van der Waals surface area contributed by atoms with Gasteiger partial charge in [0.15, 0.2) is 5.96 Å². The molecule has 1 fully saturated rings. The summed E-state index contributed by atoms with van der Waals surface area (Å²) in [6.07, 6.45) is 9.17. The van der Waals surface area contributed by atoms with Crippen LogP contribution in [0, 0.1) is 0 Å². The Balaban J connectivity index is 0.00000364. The van der Waals surface area contributed by atoms with Crippen LogP contribution in [0.4, 0.5) is 0 Å². The number of halogens is 1. The Kier molecular flexibility index (Phi) is 13.2. The van der Waals surface area contributed by atoms with E-state index in [4.69, 9.17) is 9.47 Å². The van der Waals surface area contributed by atoms with Crippen LogP contribution in [0.1, 0.15) is 57.9 Å². The minimum Gasteiger partial charge on any atom is -0.474 e. The van der Waals surface area contributed by atoms with Crippen LogP contribution in [-0.4, -0.2) is 43.4 Å².